The molecule has 0 saturated heterocycles. The normalized spacial score (nSPS) is 16.7. The van der Waals surface area contributed by atoms with E-state index >= 15 is 0 Å². The van der Waals surface area contributed by atoms with E-state index in [0.717, 1.165) is 0 Å². The maximum absolute atomic E-state index is 10.6. The van der Waals surface area contributed by atoms with Gasteiger partial charge < -0.3 is 23.8 Å². The van der Waals surface area contributed by atoms with Crippen LogP contribution in [0.5, 0.6) is 11.5 Å². The summed E-state index contributed by atoms with van der Waals surface area (Å²) < 4.78 is 20.7. The maximum Gasteiger partial charge on any atom is 1.00 e. The van der Waals surface area contributed by atoms with Crippen molar-refractivity contribution < 1.29 is 53.4 Å². The topological polar surface area (TPSA) is 78.8 Å². The predicted octanol–water partition coefficient (Wildman–Crippen LogP) is -2.53. The first-order chi connectivity index (χ1) is 6.54. The predicted molar refractivity (Wildman–Crippen MR) is 46.1 cm³/mol. The summed E-state index contributed by atoms with van der Waals surface area (Å²) >= 11 is 0. The van der Waals surface area contributed by atoms with Gasteiger partial charge in [0.1, 0.15) is 7.60 Å². The second-order valence-corrected chi connectivity index (χ2v) is 4.57. The van der Waals surface area contributed by atoms with E-state index in [2.05, 4.69) is 0 Å². The number of hydrogen-bond acceptors (Lipinski definition) is 4. The Labute approximate surface area is 109 Å². The number of hydrogen-bond donors (Lipinski definition) is 1. The van der Waals surface area contributed by atoms with E-state index in [-0.39, 0.29) is 42.5 Å². The van der Waals surface area contributed by atoms with Gasteiger partial charge in [0, 0.05) is 6.16 Å². The van der Waals surface area contributed by atoms with Crippen LogP contribution in [0.2, 0.25) is 0 Å². The van der Waals surface area contributed by atoms with Crippen LogP contribution < -0.4 is 43.9 Å². The minimum absolute atomic E-state index is 0. The summed E-state index contributed by atoms with van der Waals surface area (Å²) in [6.07, 6.45) is -0.385. The molecule has 0 radical (unpaired) electrons. The standard InChI is InChI=1S/C8H9O5P.Na/c9-14(10,11)4-6-1-2-7-8(3-6)13-5-12-7;/h1-3H,4-5H2,(H2,9,10,11);/q;+1/p-1. The van der Waals surface area contributed by atoms with Gasteiger partial charge in [-0.1, -0.05) is 6.07 Å². The summed E-state index contributed by atoms with van der Waals surface area (Å²) in [5.74, 6) is 1.10. The van der Waals surface area contributed by atoms with Gasteiger partial charge in [0.25, 0.3) is 0 Å². The summed E-state index contributed by atoms with van der Waals surface area (Å²) in [6, 6.07) is 4.74. The monoisotopic (exact) mass is 238 g/mol. The number of benzene rings is 1. The molecule has 0 aromatic heterocycles. The molecular formula is C8H8NaO5P. The molecule has 1 heterocycles. The third kappa shape index (κ3) is 3.48. The molecule has 1 aliphatic heterocycles. The zero-order valence-electron chi connectivity index (χ0n) is 8.17. The van der Waals surface area contributed by atoms with E-state index < -0.39 is 7.60 Å². The van der Waals surface area contributed by atoms with E-state index in [1.165, 1.54) is 0 Å². The summed E-state index contributed by atoms with van der Waals surface area (Å²) in [6.45, 7) is 0.146. The van der Waals surface area contributed by atoms with Crippen molar-refractivity contribution in [3.8, 4) is 11.5 Å². The number of fused-ring (bicyclic) bond motifs is 1. The Morgan fingerprint density at radius 1 is 1.40 bits per heavy atom. The summed E-state index contributed by atoms with van der Waals surface area (Å²) in [5, 5.41) is 0. The third-order valence-electron chi connectivity index (χ3n) is 1.82. The Hall–Kier alpha value is -0.0300. The minimum atomic E-state index is -4.26. The van der Waals surface area contributed by atoms with E-state index in [9.17, 15) is 9.46 Å². The molecule has 5 nitrogen and oxygen atoms in total. The van der Waals surface area contributed by atoms with E-state index in [1.54, 1.807) is 18.2 Å². The molecule has 1 unspecified atom stereocenters. The van der Waals surface area contributed by atoms with Crippen molar-refractivity contribution in [3.05, 3.63) is 23.8 Å². The molecule has 1 aromatic carbocycles. The molecular weight excluding hydrogens is 230 g/mol. The van der Waals surface area contributed by atoms with Crippen LogP contribution in [0, 0.1) is 0 Å². The number of ether oxygens (including phenoxy) is 2. The molecule has 15 heavy (non-hydrogen) atoms. The van der Waals surface area contributed by atoms with Crippen molar-refractivity contribution in [1.29, 1.82) is 0 Å². The minimum Gasteiger partial charge on any atom is -0.778 e. The average Bonchev–Trinajstić information content (AvgIpc) is 2.47. The van der Waals surface area contributed by atoms with Crippen molar-refractivity contribution in [3.63, 3.8) is 0 Å². The largest absolute Gasteiger partial charge is 1.00 e. The smallest absolute Gasteiger partial charge is 0.778 e. The Kier molecular flexibility index (Phi) is 4.23. The second-order valence-electron chi connectivity index (χ2n) is 2.98. The Morgan fingerprint density at radius 3 is 2.73 bits per heavy atom. The molecule has 1 aromatic rings. The third-order valence-corrected chi connectivity index (χ3v) is 2.58. The van der Waals surface area contributed by atoms with E-state index in [0.29, 0.717) is 17.1 Å². The van der Waals surface area contributed by atoms with Crippen LogP contribution in [0.1, 0.15) is 5.56 Å². The first-order valence-corrected chi connectivity index (χ1v) is 5.72. The van der Waals surface area contributed by atoms with Crippen molar-refractivity contribution >= 4 is 7.60 Å². The van der Waals surface area contributed by atoms with Gasteiger partial charge in [-0.2, -0.15) is 0 Å². The van der Waals surface area contributed by atoms with Crippen LogP contribution >= 0.6 is 7.60 Å². The molecule has 1 aliphatic rings. The van der Waals surface area contributed by atoms with Gasteiger partial charge in [0.2, 0.25) is 6.79 Å². The van der Waals surface area contributed by atoms with Crippen LogP contribution in [0.25, 0.3) is 0 Å². The van der Waals surface area contributed by atoms with E-state index in [4.69, 9.17) is 14.4 Å². The van der Waals surface area contributed by atoms with Crippen molar-refractivity contribution in [2.75, 3.05) is 6.79 Å². The van der Waals surface area contributed by atoms with Crippen LogP contribution in [0.15, 0.2) is 18.2 Å². The molecule has 0 saturated carbocycles. The van der Waals surface area contributed by atoms with Gasteiger partial charge >= 0.3 is 29.6 Å². The Morgan fingerprint density at radius 2 is 2.07 bits per heavy atom. The molecule has 76 valence electrons. The SMILES string of the molecule is O=P([O-])(O)Cc1ccc2c(c1)OCO2.[Na+]. The van der Waals surface area contributed by atoms with Gasteiger partial charge in [-0.3, -0.25) is 0 Å². The molecule has 1 N–H and O–H groups in total. The molecule has 1 atom stereocenters. The van der Waals surface area contributed by atoms with Crippen molar-refractivity contribution in [2.45, 2.75) is 6.16 Å². The molecule has 0 fully saturated rings. The Bertz CT molecular complexity index is 402. The quantitative estimate of drug-likeness (QED) is 0.454. The van der Waals surface area contributed by atoms with Crippen LogP contribution in [-0.4, -0.2) is 11.7 Å². The molecule has 0 aliphatic carbocycles. The molecule has 0 amide bonds. The summed E-state index contributed by atoms with van der Waals surface area (Å²) in [5.41, 5.74) is 0.482. The number of rotatable bonds is 2. The van der Waals surface area contributed by atoms with E-state index in [1.807, 2.05) is 0 Å². The summed E-state index contributed by atoms with van der Waals surface area (Å²) in [7, 11) is -4.26. The van der Waals surface area contributed by atoms with Crippen LogP contribution in [0.3, 0.4) is 0 Å². The van der Waals surface area contributed by atoms with Gasteiger partial charge in [-0.25, -0.2) is 0 Å². The zero-order chi connectivity index (χ0) is 10.2. The van der Waals surface area contributed by atoms with Crippen molar-refractivity contribution in [2.24, 2.45) is 0 Å². The van der Waals surface area contributed by atoms with Crippen molar-refractivity contribution in [1.82, 2.24) is 0 Å². The van der Waals surface area contributed by atoms with Gasteiger partial charge in [-0.15, -0.1) is 0 Å². The second kappa shape index (κ2) is 4.87. The average molecular weight is 238 g/mol. The molecule has 0 spiro atoms. The van der Waals surface area contributed by atoms with Crippen LogP contribution in [-0.2, 0) is 10.7 Å². The van der Waals surface area contributed by atoms with Gasteiger partial charge in [0.05, 0.1) is 0 Å². The summed E-state index contributed by atoms with van der Waals surface area (Å²) in [4.78, 5) is 19.3. The Balaban J connectivity index is 0.00000112. The maximum atomic E-state index is 10.6. The molecule has 7 heteroatoms. The fraction of sp³-hybridized carbons (Fsp3) is 0.250. The fourth-order valence-electron chi connectivity index (χ4n) is 1.27. The van der Waals surface area contributed by atoms with Gasteiger partial charge in [0.15, 0.2) is 11.5 Å². The zero-order valence-corrected chi connectivity index (χ0v) is 11.1. The first-order valence-electron chi connectivity index (χ1n) is 3.96. The van der Waals surface area contributed by atoms with Gasteiger partial charge in [-0.05, 0) is 17.7 Å². The van der Waals surface area contributed by atoms with Crippen LogP contribution in [0.4, 0.5) is 0 Å². The molecule has 2 rings (SSSR count). The fourth-order valence-corrected chi connectivity index (χ4v) is 1.93. The first kappa shape index (κ1) is 13.0. The molecule has 0 bridgehead atoms.